The fourth-order valence-corrected chi connectivity index (χ4v) is 2.42. The molecule has 0 heterocycles. The molecule has 0 radical (unpaired) electrons. The molecule has 0 amide bonds. The quantitative estimate of drug-likeness (QED) is 0.828. The predicted octanol–water partition coefficient (Wildman–Crippen LogP) is 1.79. The maximum absolute atomic E-state index is 11.3. The Hall–Kier alpha value is -1.07. The van der Waals surface area contributed by atoms with Gasteiger partial charge in [0.05, 0.1) is 5.75 Å². The van der Waals surface area contributed by atoms with E-state index in [1.807, 2.05) is 26.0 Å². The van der Waals surface area contributed by atoms with Crippen LogP contribution in [0.1, 0.15) is 31.0 Å². The van der Waals surface area contributed by atoms with Gasteiger partial charge in [0.1, 0.15) is 5.75 Å². The first kappa shape index (κ1) is 15.0. The van der Waals surface area contributed by atoms with E-state index < -0.39 is 9.84 Å². The molecule has 0 spiro atoms. The summed E-state index contributed by atoms with van der Waals surface area (Å²) >= 11 is 0. The molecule has 0 aliphatic heterocycles. The van der Waals surface area contributed by atoms with Gasteiger partial charge >= 0.3 is 0 Å². The summed E-state index contributed by atoms with van der Waals surface area (Å²) in [5.41, 5.74) is 1.86. The molecule has 5 heteroatoms. The van der Waals surface area contributed by atoms with Gasteiger partial charge in [-0.25, -0.2) is 8.42 Å². The Morgan fingerprint density at radius 2 is 2.06 bits per heavy atom. The standard InChI is InChI=1S/C13H21NO3S/c1-4-18(16,17)8-7-14-11(3)12-9-10(2)5-6-13(12)15/h5-6,9,11,14-15H,4,7-8H2,1-3H3. The largest absolute Gasteiger partial charge is 0.508 e. The molecule has 0 bridgehead atoms. The van der Waals surface area contributed by atoms with Gasteiger partial charge in [-0.05, 0) is 19.9 Å². The van der Waals surface area contributed by atoms with Crippen LogP contribution in [0.4, 0.5) is 0 Å². The zero-order valence-corrected chi connectivity index (χ0v) is 11.9. The molecule has 1 atom stereocenters. The SMILES string of the molecule is CCS(=O)(=O)CCNC(C)c1cc(C)ccc1O. The summed E-state index contributed by atoms with van der Waals surface area (Å²) in [5.74, 6) is 0.526. The number of rotatable bonds is 6. The van der Waals surface area contributed by atoms with Crippen LogP contribution in [0.25, 0.3) is 0 Å². The smallest absolute Gasteiger partial charge is 0.151 e. The number of nitrogens with one attached hydrogen (secondary N) is 1. The van der Waals surface area contributed by atoms with Crippen molar-refractivity contribution in [3.8, 4) is 5.75 Å². The average molecular weight is 271 g/mol. The second-order valence-electron chi connectivity index (χ2n) is 4.47. The van der Waals surface area contributed by atoms with Gasteiger partial charge in [0.25, 0.3) is 0 Å². The van der Waals surface area contributed by atoms with Gasteiger partial charge in [0, 0.05) is 23.9 Å². The predicted molar refractivity (Wildman–Crippen MR) is 73.6 cm³/mol. The van der Waals surface area contributed by atoms with Gasteiger partial charge in [-0.1, -0.05) is 24.6 Å². The Kier molecular flexibility index (Phi) is 5.16. The highest BCUT2D eigenvalue weighted by Gasteiger charge is 2.12. The zero-order chi connectivity index (χ0) is 13.8. The van der Waals surface area contributed by atoms with Gasteiger partial charge in [-0.15, -0.1) is 0 Å². The van der Waals surface area contributed by atoms with E-state index in [0.29, 0.717) is 6.54 Å². The van der Waals surface area contributed by atoms with Crippen LogP contribution in [0.3, 0.4) is 0 Å². The summed E-state index contributed by atoms with van der Waals surface area (Å²) < 4.78 is 22.7. The molecule has 18 heavy (non-hydrogen) atoms. The number of phenolic OH excluding ortho intramolecular Hbond substituents is 1. The lowest BCUT2D eigenvalue weighted by atomic mass is 10.0. The highest BCUT2D eigenvalue weighted by atomic mass is 32.2. The van der Waals surface area contributed by atoms with Gasteiger partial charge in [0.2, 0.25) is 0 Å². The molecule has 1 rings (SSSR count). The fourth-order valence-electron chi connectivity index (χ4n) is 1.71. The molecule has 0 saturated heterocycles. The minimum absolute atomic E-state index is 0.0723. The number of aryl methyl sites for hydroxylation is 1. The van der Waals surface area contributed by atoms with Crippen molar-refractivity contribution in [2.24, 2.45) is 0 Å². The van der Waals surface area contributed by atoms with Crippen LogP contribution < -0.4 is 5.32 Å². The molecule has 0 saturated carbocycles. The van der Waals surface area contributed by atoms with Crippen molar-refractivity contribution in [3.63, 3.8) is 0 Å². The minimum Gasteiger partial charge on any atom is -0.508 e. The molecule has 0 fully saturated rings. The normalized spacial score (nSPS) is 13.5. The third kappa shape index (κ3) is 4.31. The monoisotopic (exact) mass is 271 g/mol. The second kappa shape index (κ2) is 6.20. The van der Waals surface area contributed by atoms with Crippen LogP contribution in [-0.2, 0) is 9.84 Å². The maximum Gasteiger partial charge on any atom is 0.151 e. The van der Waals surface area contributed by atoms with E-state index in [-0.39, 0.29) is 23.3 Å². The lowest BCUT2D eigenvalue weighted by Crippen LogP contribution is -2.26. The van der Waals surface area contributed by atoms with Crippen molar-refractivity contribution >= 4 is 9.84 Å². The first-order chi connectivity index (χ1) is 8.35. The molecule has 102 valence electrons. The lowest BCUT2D eigenvalue weighted by Gasteiger charge is -2.16. The molecule has 2 N–H and O–H groups in total. The number of phenols is 1. The van der Waals surface area contributed by atoms with Crippen LogP contribution in [0.15, 0.2) is 18.2 Å². The highest BCUT2D eigenvalue weighted by molar-refractivity contribution is 7.91. The summed E-state index contributed by atoms with van der Waals surface area (Å²) in [5, 5.41) is 12.9. The Labute approximate surface area is 109 Å². The van der Waals surface area contributed by atoms with E-state index in [2.05, 4.69) is 5.32 Å². The molecule has 1 aromatic rings. The second-order valence-corrected chi connectivity index (χ2v) is 6.95. The van der Waals surface area contributed by atoms with Crippen molar-refractivity contribution < 1.29 is 13.5 Å². The summed E-state index contributed by atoms with van der Waals surface area (Å²) in [6.07, 6.45) is 0. The molecule has 0 aromatic heterocycles. The van der Waals surface area contributed by atoms with Crippen LogP contribution in [0.2, 0.25) is 0 Å². The van der Waals surface area contributed by atoms with Gasteiger partial charge in [-0.2, -0.15) is 0 Å². The molecule has 1 aromatic carbocycles. The Balaban J connectivity index is 2.61. The number of hydrogen-bond acceptors (Lipinski definition) is 4. The molecule has 4 nitrogen and oxygen atoms in total. The third-order valence-electron chi connectivity index (χ3n) is 2.95. The fraction of sp³-hybridized carbons (Fsp3) is 0.538. The van der Waals surface area contributed by atoms with Crippen LogP contribution in [-0.4, -0.2) is 31.6 Å². The van der Waals surface area contributed by atoms with E-state index in [1.165, 1.54) is 0 Å². The molecule has 0 aliphatic rings. The van der Waals surface area contributed by atoms with E-state index in [4.69, 9.17) is 0 Å². The molecular weight excluding hydrogens is 250 g/mol. The zero-order valence-electron chi connectivity index (χ0n) is 11.1. The highest BCUT2D eigenvalue weighted by Crippen LogP contribution is 2.24. The number of aromatic hydroxyl groups is 1. The van der Waals surface area contributed by atoms with Crippen molar-refractivity contribution in [1.29, 1.82) is 0 Å². The molecule has 1 unspecified atom stereocenters. The van der Waals surface area contributed by atoms with E-state index >= 15 is 0 Å². The van der Waals surface area contributed by atoms with Gasteiger partial charge < -0.3 is 10.4 Å². The van der Waals surface area contributed by atoms with Crippen LogP contribution in [0, 0.1) is 6.92 Å². The van der Waals surface area contributed by atoms with Crippen LogP contribution >= 0.6 is 0 Å². The van der Waals surface area contributed by atoms with Crippen molar-refractivity contribution in [2.75, 3.05) is 18.1 Å². The summed E-state index contributed by atoms with van der Waals surface area (Å²) in [7, 11) is -2.94. The first-order valence-electron chi connectivity index (χ1n) is 6.09. The maximum atomic E-state index is 11.3. The Bertz CT molecular complexity index is 497. The van der Waals surface area contributed by atoms with Crippen LogP contribution in [0.5, 0.6) is 5.75 Å². The van der Waals surface area contributed by atoms with Crippen molar-refractivity contribution in [3.05, 3.63) is 29.3 Å². The topological polar surface area (TPSA) is 66.4 Å². The third-order valence-corrected chi connectivity index (χ3v) is 4.66. The lowest BCUT2D eigenvalue weighted by molar-refractivity contribution is 0.454. The summed E-state index contributed by atoms with van der Waals surface area (Å²) in [6, 6.07) is 5.33. The average Bonchev–Trinajstić information content (AvgIpc) is 2.32. The van der Waals surface area contributed by atoms with E-state index in [1.54, 1.807) is 13.0 Å². The van der Waals surface area contributed by atoms with Gasteiger partial charge in [-0.3, -0.25) is 0 Å². The van der Waals surface area contributed by atoms with Crippen molar-refractivity contribution in [1.82, 2.24) is 5.32 Å². The van der Waals surface area contributed by atoms with Crippen molar-refractivity contribution in [2.45, 2.75) is 26.8 Å². The number of sulfone groups is 1. The first-order valence-corrected chi connectivity index (χ1v) is 7.91. The summed E-state index contributed by atoms with van der Waals surface area (Å²) in [4.78, 5) is 0. The van der Waals surface area contributed by atoms with E-state index in [9.17, 15) is 13.5 Å². The van der Waals surface area contributed by atoms with Gasteiger partial charge in [0.15, 0.2) is 9.84 Å². The minimum atomic E-state index is -2.94. The number of hydrogen-bond donors (Lipinski definition) is 2. The number of benzene rings is 1. The van der Waals surface area contributed by atoms with E-state index in [0.717, 1.165) is 11.1 Å². The molecule has 0 aliphatic carbocycles. The summed E-state index contributed by atoms with van der Waals surface area (Å²) in [6.45, 7) is 5.90. The Morgan fingerprint density at radius 1 is 1.39 bits per heavy atom. The Morgan fingerprint density at radius 3 is 2.67 bits per heavy atom. The molecular formula is C13H21NO3S.